The summed E-state index contributed by atoms with van der Waals surface area (Å²) < 4.78 is 23.2. The molecule has 0 bridgehead atoms. The van der Waals surface area contributed by atoms with Gasteiger partial charge in [-0.1, -0.05) is 28.9 Å². The molecular formula is C17H12ClFN2O3. The molecule has 0 saturated carbocycles. The molecule has 0 amide bonds. The lowest BCUT2D eigenvalue weighted by atomic mass is 10.2. The molecule has 0 saturated heterocycles. The Morgan fingerprint density at radius 2 is 1.92 bits per heavy atom. The fraction of sp³-hybridized carbons (Fsp3) is 0.118. The Balaban J connectivity index is 1.58. The van der Waals surface area contributed by atoms with Crippen LogP contribution in [0.3, 0.4) is 0 Å². The number of carbonyl (C=O) groups is 1. The largest absolute Gasteiger partial charge is 0.425 e. The van der Waals surface area contributed by atoms with E-state index in [1.165, 1.54) is 12.1 Å². The van der Waals surface area contributed by atoms with E-state index in [9.17, 15) is 9.18 Å². The second kappa shape index (κ2) is 7.23. The number of rotatable bonds is 5. The zero-order valence-corrected chi connectivity index (χ0v) is 13.2. The number of aryl methyl sites for hydroxylation is 1. The van der Waals surface area contributed by atoms with Crippen molar-refractivity contribution < 1.29 is 18.4 Å². The summed E-state index contributed by atoms with van der Waals surface area (Å²) in [6, 6.07) is 12.4. The Bertz CT molecular complexity index is 849. The lowest BCUT2D eigenvalue weighted by Crippen LogP contribution is -2.09. The van der Waals surface area contributed by atoms with Crippen molar-refractivity contribution in [2.24, 2.45) is 0 Å². The number of nitrogens with zero attached hydrogens (tertiary/aromatic N) is 2. The molecule has 3 rings (SSSR count). The van der Waals surface area contributed by atoms with Gasteiger partial charge in [-0.15, -0.1) is 0 Å². The molecule has 5 nitrogen and oxygen atoms in total. The highest BCUT2D eigenvalue weighted by atomic mass is 35.5. The number of halogens is 2. The Morgan fingerprint density at radius 1 is 1.17 bits per heavy atom. The van der Waals surface area contributed by atoms with Crippen molar-refractivity contribution in [1.29, 1.82) is 0 Å². The number of para-hydroxylation sites is 1. The normalized spacial score (nSPS) is 10.6. The standard InChI is InChI=1S/C17H12ClFN2O3/c18-13-3-1-2-4-14(13)23-16(22)10-9-15-20-17(21-24-15)11-5-7-12(19)8-6-11/h1-8H,9-10H2. The molecule has 0 aliphatic carbocycles. The third-order valence-electron chi connectivity index (χ3n) is 3.17. The fourth-order valence-electron chi connectivity index (χ4n) is 1.98. The van der Waals surface area contributed by atoms with E-state index in [2.05, 4.69) is 10.1 Å². The number of aromatic nitrogens is 2. The van der Waals surface area contributed by atoms with Crippen LogP contribution in [0.25, 0.3) is 11.4 Å². The van der Waals surface area contributed by atoms with Gasteiger partial charge in [0.25, 0.3) is 0 Å². The molecule has 0 fully saturated rings. The van der Waals surface area contributed by atoms with Gasteiger partial charge in [-0.3, -0.25) is 4.79 Å². The molecule has 0 aliphatic rings. The van der Waals surface area contributed by atoms with Gasteiger partial charge < -0.3 is 9.26 Å². The average molecular weight is 347 g/mol. The van der Waals surface area contributed by atoms with Crippen LogP contribution in [-0.4, -0.2) is 16.1 Å². The van der Waals surface area contributed by atoms with Gasteiger partial charge in [0.2, 0.25) is 11.7 Å². The molecule has 24 heavy (non-hydrogen) atoms. The van der Waals surface area contributed by atoms with Crippen LogP contribution >= 0.6 is 11.6 Å². The monoisotopic (exact) mass is 346 g/mol. The summed E-state index contributed by atoms with van der Waals surface area (Å²) in [5, 5.41) is 4.17. The van der Waals surface area contributed by atoms with E-state index < -0.39 is 5.97 Å². The summed E-state index contributed by atoms with van der Waals surface area (Å²) in [5.41, 5.74) is 0.630. The van der Waals surface area contributed by atoms with Crippen molar-refractivity contribution in [3.05, 3.63) is 65.3 Å². The zero-order valence-electron chi connectivity index (χ0n) is 12.4. The first-order valence-corrected chi connectivity index (χ1v) is 7.53. The molecule has 0 spiro atoms. The van der Waals surface area contributed by atoms with Gasteiger partial charge >= 0.3 is 5.97 Å². The van der Waals surface area contributed by atoms with E-state index in [0.29, 0.717) is 28.1 Å². The predicted molar refractivity (Wildman–Crippen MR) is 85.1 cm³/mol. The van der Waals surface area contributed by atoms with Crippen molar-refractivity contribution in [1.82, 2.24) is 10.1 Å². The number of hydrogen-bond donors (Lipinski definition) is 0. The van der Waals surface area contributed by atoms with Crippen LogP contribution in [0.4, 0.5) is 4.39 Å². The molecule has 122 valence electrons. The first-order valence-electron chi connectivity index (χ1n) is 7.15. The highest BCUT2D eigenvalue weighted by Crippen LogP contribution is 2.23. The van der Waals surface area contributed by atoms with Crippen LogP contribution in [0.15, 0.2) is 53.1 Å². The molecule has 0 N–H and O–H groups in total. The van der Waals surface area contributed by atoms with Gasteiger partial charge in [-0.2, -0.15) is 4.98 Å². The first kappa shape index (κ1) is 16.1. The Labute approximate surface area is 142 Å². The SMILES string of the molecule is O=C(CCc1nc(-c2ccc(F)cc2)no1)Oc1ccccc1Cl. The molecule has 7 heteroatoms. The highest BCUT2D eigenvalue weighted by Gasteiger charge is 2.13. The molecule has 1 aromatic heterocycles. The van der Waals surface area contributed by atoms with E-state index in [4.69, 9.17) is 20.9 Å². The maximum absolute atomic E-state index is 12.9. The number of benzene rings is 2. The maximum Gasteiger partial charge on any atom is 0.311 e. The smallest absolute Gasteiger partial charge is 0.311 e. The van der Waals surface area contributed by atoms with Crippen LogP contribution in [0.5, 0.6) is 5.75 Å². The number of hydrogen-bond acceptors (Lipinski definition) is 5. The summed E-state index contributed by atoms with van der Waals surface area (Å²) in [6.45, 7) is 0. The summed E-state index contributed by atoms with van der Waals surface area (Å²) in [5.74, 6) is 0.144. The van der Waals surface area contributed by atoms with Crippen molar-refractivity contribution in [3.8, 4) is 17.1 Å². The van der Waals surface area contributed by atoms with Gasteiger partial charge in [0.1, 0.15) is 11.6 Å². The third-order valence-corrected chi connectivity index (χ3v) is 3.49. The lowest BCUT2D eigenvalue weighted by molar-refractivity contribution is -0.134. The van der Waals surface area contributed by atoms with Crippen LogP contribution < -0.4 is 4.74 Å². The summed E-state index contributed by atoms with van der Waals surface area (Å²) >= 11 is 5.92. The first-order chi connectivity index (χ1) is 11.6. The fourth-order valence-corrected chi connectivity index (χ4v) is 2.16. The van der Waals surface area contributed by atoms with E-state index in [-0.39, 0.29) is 18.7 Å². The van der Waals surface area contributed by atoms with Crippen molar-refractivity contribution in [2.45, 2.75) is 12.8 Å². The third kappa shape index (κ3) is 3.97. The Hall–Kier alpha value is -2.73. The molecule has 3 aromatic rings. The predicted octanol–water partition coefficient (Wildman–Crippen LogP) is 4.07. The summed E-state index contributed by atoms with van der Waals surface area (Å²) in [4.78, 5) is 16.0. The van der Waals surface area contributed by atoms with Gasteiger partial charge in [0.15, 0.2) is 0 Å². The quantitative estimate of drug-likeness (QED) is 0.514. The van der Waals surface area contributed by atoms with Crippen LogP contribution in [0.1, 0.15) is 12.3 Å². The van der Waals surface area contributed by atoms with Crippen molar-refractivity contribution in [3.63, 3.8) is 0 Å². The zero-order chi connectivity index (χ0) is 16.9. The lowest BCUT2D eigenvalue weighted by Gasteiger charge is -2.04. The second-order valence-electron chi connectivity index (χ2n) is 4.92. The minimum Gasteiger partial charge on any atom is -0.425 e. The highest BCUT2D eigenvalue weighted by molar-refractivity contribution is 6.32. The van der Waals surface area contributed by atoms with E-state index >= 15 is 0 Å². The van der Waals surface area contributed by atoms with Crippen LogP contribution in [0.2, 0.25) is 5.02 Å². The number of esters is 1. The minimum absolute atomic E-state index is 0.0657. The number of ether oxygens (including phenoxy) is 1. The molecule has 1 heterocycles. The Kier molecular flexibility index (Phi) is 4.86. The van der Waals surface area contributed by atoms with Crippen LogP contribution in [0, 0.1) is 5.82 Å². The minimum atomic E-state index is -0.454. The molecule has 0 unspecified atom stereocenters. The van der Waals surface area contributed by atoms with Gasteiger partial charge in [-0.25, -0.2) is 4.39 Å². The van der Waals surface area contributed by atoms with E-state index in [1.54, 1.807) is 36.4 Å². The van der Waals surface area contributed by atoms with Gasteiger partial charge in [-0.05, 0) is 36.4 Å². The maximum atomic E-state index is 12.9. The molecular weight excluding hydrogens is 335 g/mol. The molecule has 0 atom stereocenters. The van der Waals surface area contributed by atoms with Gasteiger partial charge in [0.05, 0.1) is 11.4 Å². The van der Waals surface area contributed by atoms with E-state index in [1.807, 2.05) is 0 Å². The summed E-state index contributed by atoms with van der Waals surface area (Å²) in [7, 11) is 0. The topological polar surface area (TPSA) is 65.2 Å². The molecule has 2 aromatic carbocycles. The van der Waals surface area contributed by atoms with E-state index in [0.717, 1.165) is 0 Å². The number of carbonyl (C=O) groups excluding carboxylic acids is 1. The summed E-state index contributed by atoms with van der Waals surface area (Å²) in [6.07, 6.45) is 0.299. The molecule has 0 aliphatic heterocycles. The van der Waals surface area contributed by atoms with Gasteiger partial charge in [0, 0.05) is 12.0 Å². The van der Waals surface area contributed by atoms with Crippen molar-refractivity contribution >= 4 is 17.6 Å². The Morgan fingerprint density at radius 3 is 2.67 bits per heavy atom. The second-order valence-corrected chi connectivity index (χ2v) is 5.33. The molecule has 0 radical (unpaired) electrons. The van der Waals surface area contributed by atoms with Crippen molar-refractivity contribution in [2.75, 3.05) is 0 Å². The van der Waals surface area contributed by atoms with Crippen LogP contribution in [-0.2, 0) is 11.2 Å². The average Bonchev–Trinajstić information content (AvgIpc) is 3.05.